The van der Waals surface area contributed by atoms with Gasteiger partial charge in [-0.05, 0) is 0 Å². The van der Waals surface area contributed by atoms with Gasteiger partial charge in [0.25, 0.3) is 0 Å². The topological polar surface area (TPSA) is 0 Å². The predicted octanol–water partition coefficient (Wildman–Crippen LogP) is -0.0175. The van der Waals surface area contributed by atoms with E-state index in [1.54, 1.807) is 0 Å². The molecule has 0 aromatic heterocycles. The molecule has 0 N–H and O–H groups in total. The molecule has 0 saturated carbocycles. The van der Waals surface area contributed by atoms with E-state index >= 15 is 0 Å². The Hall–Kier alpha value is 4.27. The first-order chi connectivity index (χ1) is 0. The molecule has 0 spiro atoms. The summed E-state index contributed by atoms with van der Waals surface area (Å²) in [7, 11) is 0. The van der Waals surface area contributed by atoms with Crippen molar-refractivity contribution >= 4 is 0 Å². The third kappa shape index (κ3) is 38.5. The second kappa shape index (κ2) is 48.4. The summed E-state index contributed by atoms with van der Waals surface area (Å²) in [6.07, 6.45) is 0. The first kappa shape index (κ1) is 65.2. The average molecular weight is 444 g/mol. The van der Waals surface area contributed by atoms with Gasteiger partial charge in [0.15, 0.2) is 0 Å². The molecule has 0 fully saturated rings. The zero-order chi connectivity index (χ0) is 0. The maximum atomic E-state index is 0. The minimum atomic E-state index is 0. The van der Waals surface area contributed by atoms with Crippen LogP contribution < -0.4 is 0 Å². The van der Waals surface area contributed by atoms with Crippen molar-refractivity contribution in [2.24, 2.45) is 0 Å². The average Bonchev–Trinajstić information content (AvgIpc) is 0. The van der Waals surface area contributed by atoms with E-state index in [4.69, 9.17) is 0 Å². The van der Waals surface area contributed by atoms with Crippen LogP contribution in [0.15, 0.2) is 0 Å². The zero-order valence-corrected chi connectivity index (χ0v) is 14.3. The van der Waals surface area contributed by atoms with Crippen LogP contribution in [0.25, 0.3) is 0 Å². The smallest absolute Gasteiger partial charge is 0 e. The molecule has 0 nitrogen and oxygen atoms in total. The fraction of sp³-hybridized carbons (Fsp3) is 0. The van der Waals surface area contributed by atoms with Crippen LogP contribution in [-0.4, -0.2) is 0 Å². The van der Waals surface area contributed by atoms with Crippen molar-refractivity contribution in [3.8, 4) is 0 Å². The van der Waals surface area contributed by atoms with Crippen molar-refractivity contribution in [3.05, 3.63) is 0 Å². The molecular weight excluding hydrogens is 444 g/mol. The van der Waals surface area contributed by atoms with Crippen LogP contribution in [0.2, 0.25) is 0 Å². The maximum absolute atomic E-state index is 0. The Bertz CT molecular complexity index is 19.7. The molecule has 0 bridgehead atoms. The van der Waals surface area contributed by atoms with E-state index in [2.05, 4.69) is 0 Å². The summed E-state index contributed by atoms with van der Waals surface area (Å²) >= 11 is 0. The summed E-state index contributed by atoms with van der Waals surface area (Å²) in [4.78, 5) is 0. The van der Waals surface area contributed by atoms with Crippen LogP contribution in [0.5, 0.6) is 0 Å². The molecule has 0 saturated heterocycles. The van der Waals surface area contributed by atoms with Gasteiger partial charge in [-0.2, -0.15) is 0 Å². The van der Waals surface area contributed by atoms with E-state index < -0.39 is 0 Å². The van der Waals surface area contributed by atoms with Crippen molar-refractivity contribution < 1.29 is 135 Å². The maximum Gasteiger partial charge on any atom is 0 e. The molecule has 7 heavy (non-hydrogen) atoms. The van der Waals surface area contributed by atoms with Crippen LogP contribution in [0.4, 0.5) is 0 Å². The van der Waals surface area contributed by atoms with Crippen molar-refractivity contribution in [3.63, 3.8) is 0 Å². The van der Waals surface area contributed by atoms with E-state index in [-0.39, 0.29) is 135 Å². The van der Waals surface area contributed by atoms with Gasteiger partial charge in [-0.1, -0.05) is 0 Å². The zero-order valence-electron chi connectivity index (χ0n) is 3.01. The normalized spacial score (nSPS) is 0. The fourth-order valence-electron chi connectivity index (χ4n) is 0. The Kier molecular flexibility index (Phi) is 450. The summed E-state index contributed by atoms with van der Waals surface area (Å²) in [5.74, 6) is 0. The van der Waals surface area contributed by atoms with Crippen molar-refractivity contribution in [1.82, 2.24) is 0 Å². The van der Waals surface area contributed by atoms with Crippen LogP contribution in [0.3, 0.4) is 0 Å². The Labute approximate surface area is 133 Å². The molecule has 3 radical (unpaired) electrons. The van der Waals surface area contributed by atoms with E-state index in [9.17, 15) is 0 Å². The molecular formula is CdCoCrCuNiTiV. The molecule has 0 aromatic rings. The number of hydrogen-bond donors (Lipinski definition) is 0. The summed E-state index contributed by atoms with van der Waals surface area (Å²) in [5.41, 5.74) is 0. The minimum absolute atomic E-state index is 0. The minimum Gasteiger partial charge on any atom is 0 e. The third-order valence-corrected chi connectivity index (χ3v) is 0. The van der Waals surface area contributed by atoms with Gasteiger partial charge >= 0.3 is 0 Å². The molecule has 0 aliphatic heterocycles. The Balaban J connectivity index is 0. The van der Waals surface area contributed by atoms with Gasteiger partial charge in [0.05, 0.1) is 0 Å². The van der Waals surface area contributed by atoms with Gasteiger partial charge < -0.3 is 0 Å². The van der Waals surface area contributed by atoms with Crippen molar-refractivity contribution in [2.75, 3.05) is 0 Å². The van der Waals surface area contributed by atoms with Gasteiger partial charge in [0.2, 0.25) is 0 Å². The van der Waals surface area contributed by atoms with Gasteiger partial charge in [0.1, 0.15) is 0 Å². The monoisotopic (exact) mass is 445 g/mol. The second-order valence-electron chi connectivity index (χ2n) is 0. The van der Waals surface area contributed by atoms with Gasteiger partial charge in [0, 0.05) is 135 Å². The molecule has 0 atom stereocenters. The van der Waals surface area contributed by atoms with Crippen LogP contribution in [-0.2, 0) is 135 Å². The molecule has 0 aliphatic carbocycles. The summed E-state index contributed by atoms with van der Waals surface area (Å²) in [5, 5.41) is 0. The molecule has 0 amide bonds. The van der Waals surface area contributed by atoms with Crippen molar-refractivity contribution in [1.29, 1.82) is 0 Å². The molecule has 0 heterocycles. The Morgan fingerprint density at radius 1 is 1.00 bits per heavy atom. The van der Waals surface area contributed by atoms with Gasteiger partial charge in [-0.25, -0.2) is 0 Å². The van der Waals surface area contributed by atoms with Crippen molar-refractivity contribution in [2.45, 2.75) is 0 Å². The summed E-state index contributed by atoms with van der Waals surface area (Å²) < 4.78 is 0. The van der Waals surface area contributed by atoms with Crippen LogP contribution >= 0.6 is 0 Å². The third-order valence-electron chi connectivity index (χ3n) is 0. The summed E-state index contributed by atoms with van der Waals surface area (Å²) in [6.45, 7) is 0. The molecule has 0 unspecified atom stereocenters. The van der Waals surface area contributed by atoms with Gasteiger partial charge in [-0.3, -0.25) is 0 Å². The Morgan fingerprint density at radius 2 is 1.00 bits per heavy atom. The molecule has 0 aliphatic rings. The van der Waals surface area contributed by atoms with E-state index in [0.29, 0.717) is 0 Å². The number of hydrogen-bond acceptors (Lipinski definition) is 0. The van der Waals surface area contributed by atoms with E-state index in [0.717, 1.165) is 0 Å². The molecule has 47 valence electrons. The SMILES string of the molecule is [Cd].[Co].[Cr].[Cu].[Ni].[Ti].[V]. The van der Waals surface area contributed by atoms with E-state index in [1.807, 2.05) is 0 Å². The quantitative estimate of drug-likeness (QED) is 0.461. The van der Waals surface area contributed by atoms with Gasteiger partial charge in [-0.15, -0.1) is 0 Å². The first-order valence-electron chi connectivity index (χ1n) is 0. The molecule has 0 aromatic carbocycles. The summed E-state index contributed by atoms with van der Waals surface area (Å²) in [6, 6.07) is 0. The van der Waals surface area contributed by atoms with E-state index in [1.165, 1.54) is 0 Å². The predicted molar refractivity (Wildman–Crippen MR) is 0 cm³/mol. The fourth-order valence-corrected chi connectivity index (χ4v) is 0. The molecule has 0 rings (SSSR count). The standard InChI is InChI=1S/Cd.Co.Cr.Cu.Ni.Ti.V. The molecule has 7 heteroatoms. The number of rotatable bonds is 0. The largest absolute Gasteiger partial charge is 0 e. The Morgan fingerprint density at radius 3 is 1.00 bits per heavy atom. The van der Waals surface area contributed by atoms with Crippen LogP contribution in [0, 0.1) is 0 Å². The first-order valence-corrected chi connectivity index (χ1v) is 0. The second-order valence-corrected chi connectivity index (χ2v) is 0. The van der Waals surface area contributed by atoms with Crippen LogP contribution in [0.1, 0.15) is 0 Å².